The van der Waals surface area contributed by atoms with Crippen molar-refractivity contribution in [3.8, 4) is 0 Å². The number of aromatic amines is 1. The number of alkyl carbamates (subject to hydrolysis) is 1. The van der Waals surface area contributed by atoms with Crippen molar-refractivity contribution in [2.24, 2.45) is 11.7 Å². The van der Waals surface area contributed by atoms with Gasteiger partial charge in [-0.1, -0.05) is 18.2 Å². The molecule has 2 fully saturated rings. The Labute approximate surface area is 222 Å². The molecule has 11 heteroatoms. The molecule has 0 saturated carbocycles. The smallest absolute Gasteiger partial charge is 0.408 e. The lowest BCUT2D eigenvalue weighted by molar-refractivity contribution is -0.149. The third-order valence-corrected chi connectivity index (χ3v) is 6.61. The molecule has 3 atom stereocenters. The maximum atomic E-state index is 13.2. The number of piperidine rings is 1. The Morgan fingerprint density at radius 2 is 1.92 bits per heavy atom. The van der Waals surface area contributed by atoms with Crippen molar-refractivity contribution < 1.29 is 29.0 Å². The van der Waals surface area contributed by atoms with Gasteiger partial charge >= 0.3 is 12.1 Å². The van der Waals surface area contributed by atoms with E-state index in [0.29, 0.717) is 19.4 Å². The number of carbonyl (C=O) groups excluding carboxylic acids is 3. The molecule has 0 bridgehead atoms. The third-order valence-electron chi connectivity index (χ3n) is 6.61. The normalized spacial score (nSPS) is 20.2. The number of nitrogens with zero attached hydrogens (tertiary/aromatic N) is 1. The van der Waals surface area contributed by atoms with Gasteiger partial charge in [-0.05, 0) is 64.6 Å². The lowest BCUT2D eigenvalue weighted by atomic mass is 9.99. The number of carboxylic acid groups (broad SMARTS) is 1. The molecule has 0 radical (unpaired) electrons. The Kier molecular flexibility index (Phi) is 9.73. The van der Waals surface area contributed by atoms with E-state index < -0.39 is 35.7 Å². The number of fused-ring (bicyclic) bond motifs is 1. The standard InChI is InChI=1S/C21H27N3O5.C6H12N2O/c1-21(2,3)29-20(28)23-16(18(25)24-10-6-9-17(24)19(26)27)11-13-12-22-15-8-5-4-7-14(13)15;7-6(9)5-2-1-3-8-4-5/h4-5,7-8,12,16-17,22H,6,9-11H2,1-3H3,(H,23,28)(H,26,27);5,8H,1-4H2,(H2,7,9)/t16-,17-;/m1./s1. The highest BCUT2D eigenvalue weighted by Gasteiger charge is 2.38. The highest BCUT2D eigenvalue weighted by Crippen LogP contribution is 2.23. The van der Waals surface area contributed by atoms with Crippen molar-refractivity contribution in [1.29, 1.82) is 0 Å². The van der Waals surface area contributed by atoms with E-state index in [4.69, 9.17) is 10.5 Å². The van der Waals surface area contributed by atoms with E-state index in [0.717, 1.165) is 42.4 Å². The van der Waals surface area contributed by atoms with E-state index in [2.05, 4.69) is 15.6 Å². The minimum absolute atomic E-state index is 0.0822. The number of nitrogens with one attached hydrogen (secondary N) is 3. The average Bonchev–Trinajstić information content (AvgIpc) is 3.51. The summed E-state index contributed by atoms with van der Waals surface area (Å²) in [6.07, 6.45) is 4.39. The van der Waals surface area contributed by atoms with Gasteiger partial charge in [-0.2, -0.15) is 0 Å². The number of H-pyrrole nitrogens is 1. The first-order chi connectivity index (χ1) is 18.0. The highest BCUT2D eigenvalue weighted by molar-refractivity contribution is 5.91. The number of nitrogens with two attached hydrogens (primary N) is 1. The molecule has 2 aromatic rings. The molecule has 11 nitrogen and oxygen atoms in total. The molecular formula is C27H39N5O6. The minimum Gasteiger partial charge on any atom is -0.480 e. The van der Waals surface area contributed by atoms with Gasteiger partial charge in [0.1, 0.15) is 17.7 Å². The fourth-order valence-corrected chi connectivity index (χ4v) is 4.75. The highest BCUT2D eigenvalue weighted by atomic mass is 16.6. The first kappa shape index (κ1) is 29.0. The number of likely N-dealkylation sites (tertiary alicyclic amines) is 1. The average molecular weight is 530 g/mol. The zero-order valence-corrected chi connectivity index (χ0v) is 22.3. The van der Waals surface area contributed by atoms with E-state index in [1.54, 1.807) is 27.0 Å². The summed E-state index contributed by atoms with van der Waals surface area (Å²) in [6, 6.07) is 5.88. The van der Waals surface area contributed by atoms with Crippen molar-refractivity contribution in [2.45, 2.75) is 70.6 Å². The van der Waals surface area contributed by atoms with Crippen LogP contribution in [0, 0.1) is 5.92 Å². The predicted molar refractivity (Wildman–Crippen MR) is 142 cm³/mol. The van der Waals surface area contributed by atoms with Gasteiger partial charge < -0.3 is 36.1 Å². The summed E-state index contributed by atoms with van der Waals surface area (Å²) in [7, 11) is 0. The molecule has 2 aliphatic heterocycles. The molecule has 3 heterocycles. The van der Waals surface area contributed by atoms with Crippen LogP contribution in [0.5, 0.6) is 0 Å². The number of aromatic nitrogens is 1. The Balaban J connectivity index is 0.000000375. The first-order valence-electron chi connectivity index (χ1n) is 13.0. The summed E-state index contributed by atoms with van der Waals surface area (Å²) in [6.45, 7) is 7.38. The van der Waals surface area contributed by atoms with E-state index >= 15 is 0 Å². The molecule has 1 aromatic carbocycles. The van der Waals surface area contributed by atoms with Gasteiger partial charge in [-0.15, -0.1) is 0 Å². The van der Waals surface area contributed by atoms with Crippen LogP contribution in [0.25, 0.3) is 10.9 Å². The quantitative estimate of drug-likeness (QED) is 0.382. The number of rotatable bonds is 6. The van der Waals surface area contributed by atoms with Gasteiger partial charge in [0, 0.05) is 36.6 Å². The summed E-state index contributed by atoms with van der Waals surface area (Å²) < 4.78 is 5.32. The largest absolute Gasteiger partial charge is 0.480 e. The number of ether oxygens (including phenoxy) is 1. The molecule has 4 rings (SSSR count). The van der Waals surface area contributed by atoms with Crippen LogP contribution in [0.2, 0.25) is 0 Å². The molecular weight excluding hydrogens is 490 g/mol. The predicted octanol–water partition coefficient (Wildman–Crippen LogP) is 2.15. The molecule has 2 saturated heterocycles. The first-order valence-corrected chi connectivity index (χ1v) is 13.0. The van der Waals surface area contributed by atoms with Crippen molar-refractivity contribution in [1.82, 2.24) is 20.5 Å². The summed E-state index contributed by atoms with van der Waals surface area (Å²) >= 11 is 0. The van der Waals surface area contributed by atoms with E-state index in [-0.39, 0.29) is 18.2 Å². The summed E-state index contributed by atoms with van der Waals surface area (Å²) in [4.78, 5) is 52.1. The Bertz CT molecular complexity index is 1130. The molecule has 1 aromatic heterocycles. The molecule has 6 N–H and O–H groups in total. The number of aliphatic carboxylic acids is 1. The second kappa shape index (κ2) is 12.8. The number of carbonyl (C=O) groups is 4. The van der Waals surface area contributed by atoms with Gasteiger partial charge in [0.25, 0.3) is 0 Å². The number of hydrogen-bond acceptors (Lipinski definition) is 6. The molecule has 0 aliphatic carbocycles. The van der Waals surface area contributed by atoms with Gasteiger partial charge in [-0.3, -0.25) is 9.59 Å². The Morgan fingerprint density at radius 1 is 1.18 bits per heavy atom. The van der Waals surface area contributed by atoms with Gasteiger partial charge in [-0.25, -0.2) is 9.59 Å². The molecule has 3 amide bonds. The molecule has 38 heavy (non-hydrogen) atoms. The summed E-state index contributed by atoms with van der Waals surface area (Å²) in [5.74, 6) is -1.52. The molecule has 208 valence electrons. The lowest BCUT2D eigenvalue weighted by Gasteiger charge is -2.28. The molecule has 1 unspecified atom stereocenters. The van der Waals surface area contributed by atoms with Crippen LogP contribution >= 0.6 is 0 Å². The van der Waals surface area contributed by atoms with Gasteiger partial charge in [0.05, 0.1) is 5.92 Å². The van der Waals surface area contributed by atoms with Crippen LogP contribution in [0.3, 0.4) is 0 Å². The Morgan fingerprint density at radius 3 is 2.53 bits per heavy atom. The molecule has 2 aliphatic rings. The SMILES string of the molecule is CC(C)(C)OC(=O)N[C@H](Cc1c[nH]c2ccccc12)C(=O)N1CCC[C@@H]1C(=O)O.NC(=O)C1CCCNC1. The van der Waals surface area contributed by atoms with E-state index in [9.17, 15) is 24.3 Å². The number of carboxylic acids is 1. The second-order valence-corrected chi connectivity index (χ2v) is 10.7. The maximum Gasteiger partial charge on any atom is 0.408 e. The number of para-hydroxylation sites is 1. The third kappa shape index (κ3) is 7.95. The van der Waals surface area contributed by atoms with Gasteiger partial charge in [0.2, 0.25) is 11.8 Å². The monoisotopic (exact) mass is 529 g/mol. The van der Waals surface area contributed by atoms with E-state index in [1.165, 1.54) is 4.90 Å². The van der Waals surface area contributed by atoms with Crippen LogP contribution in [0.15, 0.2) is 30.5 Å². The number of hydrogen-bond donors (Lipinski definition) is 5. The van der Waals surface area contributed by atoms with Crippen LogP contribution in [0.4, 0.5) is 4.79 Å². The number of benzene rings is 1. The van der Waals surface area contributed by atoms with Crippen molar-refractivity contribution >= 4 is 34.8 Å². The zero-order chi connectivity index (χ0) is 27.9. The zero-order valence-electron chi connectivity index (χ0n) is 22.3. The van der Waals surface area contributed by atoms with E-state index in [1.807, 2.05) is 24.3 Å². The second-order valence-electron chi connectivity index (χ2n) is 10.7. The lowest BCUT2D eigenvalue weighted by Crippen LogP contribution is -2.53. The number of amides is 3. The Hall–Kier alpha value is -3.60. The van der Waals surface area contributed by atoms with Crippen LogP contribution in [0.1, 0.15) is 52.0 Å². The minimum atomic E-state index is -1.03. The van der Waals surface area contributed by atoms with Gasteiger partial charge in [0.15, 0.2) is 0 Å². The summed E-state index contributed by atoms with van der Waals surface area (Å²) in [5, 5.41) is 16.2. The van der Waals surface area contributed by atoms with Crippen LogP contribution in [-0.2, 0) is 25.5 Å². The van der Waals surface area contributed by atoms with Crippen molar-refractivity contribution in [3.63, 3.8) is 0 Å². The van der Waals surface area contributed by atoms with Crippen LogP contribution in [-0.4, -0.2) is 76.2 Å². The van der Waals surface area contributed by atoms with Crippen LogP contribution < -0.4 is 16.4 Å². The maximum absolute atomic E-state index is 13.2. The summed E-state index contributed by atoms with van der Waals surface area (Å²) in [5.41, 5.74) is 6.16. The van der Waals surface area contributed by atoms with Crippen molar-refractivity contribution in [3.05, 3.63) is 36.0 Å². The topological polar surface area (TPSA) is 167 Å². The molecule has 0 spiro atoms. The fraction of sp³-hybridized carbons (Fsp3) is 0.556. The fourth-order valence-electron chi connectivity index (χ4n) is 4.75. The number of primary amides is 1. The van der Waals surface area contributed by atoms with Crippen molar-refractivity contribution in [2.75, 3.05) is 19.6 Å².